The van der Waals surface area contributed by atoms with Gasteiger partial charge in [0, 0.05) is 12.7 Å². The van der Waals surface area contributed by atoms with E-state index in [0.717, 1.165) is 5.56 Å². The molecule has 1 aromatic rings. The molecule has 1 aromatic carbocycles. The van der Waals surface area contributed by atoms with Crippen molar-refractivity contribution in [3.8, 4) is 0 Å². The van der Waals surface area contributed by atoms with Gasteiger partial charge in [-0.3, -0.25) is 0 Å². The van der Waals surface area contributed by atoms with Crippen LogP contribution >= 0.6 is 0 Å². The molecule has 4 aliphatic rings. The highest BCUT2D eigenvalue weighted by atomic mass is 28.4. The van der Waals surface area contributed by atoms with Crippen LogP contribution in [0, 0.1) is 0 Å². The fraction of sp³-hybridized carbons (Fsp3) is 0.793. The Kier molecular flexibility index (Phi) is 8.59. The molecule has 11 heteroatoms. The lowest BCUT2D eigenvalue weighted by molar-refractivity contribution is -0.377. The fourth-order valence-corrected chi connectivity index (χ4v) is 6.86. The topological polar surface area (TPSA) is 103 Å². The van der Waals surface area contributed by atoms with E-state index in [4.69, 9.17) is 42.3 Å². The highest BCUT2D eigenvalue weighted by molar-refractivity contribution is 6.74. The second-order valence-corrected chi connectivity index (χ2v) is 17.9. The van der Waals surface area contributed by atoms with Crippen LogP contribution in [0.5, 0.6) is 0 Å². The predicted molar refractivity (Wildman–Crippen MR) is 147 cm³/mol. The summed E-state index contributed by atoms with van der Waals surface area (Å²) in [5.41, 5.74) is 0.896. The normalized spacial score (nSPS) is 41.8. The van der Waals surface area contributed by atoms with Gasteiger partial charge in [0.05, 0.1) is 12.7 Å². The summed E-state index contributed by atoms with van der Waals surface area (Å²) in [7, 11) is -0.763. The smallest absolute Gasteiger partial charge is 0.192 e. The molecule has 0 aromatic heterocycles. The fourth-order valence-electron chi connectivity index (χ4n) is 5.55. The van der Waals surface area contributed by atoms with Gasteiger partial charge in [-0.05, 0) is 38.9 Å². The molecule has 0 radical (unpaired) electrons. The van der Waals surface area contributed by atoms with Gasteiger partial charge >= 0.3 is 0 Å². The van der Waals surface area contributed by atoms with Crippen molar-refractivity contribution in [3.63, 3.8) is 0 Å². The van der Waals surface area contributed by atoms with Gasteiger partial charge in [0.15, 0.2) is 33.0 Å². The second kappa shape index (κ2) is 11.3. The number of hydrogen-bond donors (Lipinski definition) is 1. The van der Waals surface area contributed by atoms with Crippen molar-refractivity contribution in [1.82, 2.24) is 0 Å². The first kappa shape index (κ1) is 30.5. The highest BCUT2D eigenvalue weighted by Crippen LogP contribution is 2.44. The quantitative estimate of drug-likeness (QED) is 0.497. The number of fused-ring (bicyclic) bond motifs is 2. The molecule has 0 saturated carbocycles. The molecular weight excluding hydrogens is 536 g/mol. The molecular formula is C29H46O10Si. The maximum Gasteiger partial charge on any atom is 0.192 e. The van der Waals surface area contributed by atoms with Gasteiger partial charge in [-0.15, -0.1) is 0 Å². The van der Waals surface area contributed by atoms with E-state index in [1.165, 1.54) is 0 Å². The van der Waals surface area contributed by atoms with Gasteiger partial charge in [-0.1, -0.05) is 51.1 Å². The molecule has 40 heavy (non-hydrogen) atoms. The SMILES string of the molecule is CO[C@@H]1O[C@@H](C)[C@H](O[C@@H]2O[C@@H]3COC(c4ccccc4)O[C@H]3[C@H](O[Si](C)(C)C(C)(C)C)[C@@H]2O)[C@H]2OC(C)(C)O[C@@H]12. The molecule has 0 bridgehead atoms. The molecule has 226 valence electrons. The number of ether oxygens (including phenoxy) is 8. The standard InChI is InChI=1S/C29H46O10Si/c1-16-20(23-24(27(31-7)33-16)38-29(5,6)37-23)35-26-19(30)22(39-40(8,9)28(2,3)4)21-18(34-26)15-32-25(36-21)17-13-11-10-12-14-17/h10-14,16,18-27,30H,15H2,1-9H3/t16-,18+,19-,20-,21+,22+,23+,24+,25?,26-,27+/m0/s1. The van der Waals surface area contributed by atoms with Crippen LogP contribution in [-0.2, 0) is 42.3 Å². The van der Waals surface area contributed by atoms with Gasteiger partial charge in [-0.25, -0.2) is 0 Å². The Morgan fingerprint density at radius 1 is 0.925 bits per heavy atom. The maximum absolute atomic E-state index is 11.8. The summed E-state index contributed by atoms with van der Waals surface area (Å²) >= 11 is 0. The van der Waals surface area contributed by atoms with Gasteiger partial charge < -0.3 is 47.4 Å². The Morgan fingerprint density at radius 2 is 1.60 bits per heavy atom. The minimum absolute atomic E-state index is 0.0877. The number of methoxy groups -OCH3 is 1. The Labute approximate surface area is 238 Å². The molecule has 4 heterocycles. The van der Waals surface area contributed by atoms with Crippen LogP contribution in [0.25, 0.3) is 0 Å². The third kappa shape index (κ3) is 5.93. The second-order valence-electron chi connectivity index (χ2n) is 13.2. The van der Waals surface area contributed by atoms with E-state index in [-0.39, 0.29) is 11.6 Å². The van der Waals surface area contributed by atoms with Crippen LogP contribution < -0.4 is 0 Å². The van der Waals surface area contributed by atoms with Crippen molar-refractivity contribution < 1.29 is 47.4 Å². The maximum atomic E-state index is 11.8. The van der Waals surface area contributed by atoms with Crippen molar-refractivity contribution >= 4 is 8.32 Å². The van der Waals surface area contributed by atoms with Crippen LogP contribution in [0.15, 0.2) is 30.3 Å². The summed E-state index contributed by atoms with van der Waals surface area (Å²) in [6, 6.07) is 9.75. The molecule has 1 N–H and O–H groups in total. The average molecular weight is 583 g/mol. The lowest BCUT2D eigenvalue weighted by atomic mass is 9.96. The van der Waals surface area contributed by atoms with Crippen molar-refractivity contribution in [2.45, 2.75) is 133 Å². The van der Waals surface area contributed by atoms with Crippen LogP contribution in [-0.4, -0.2) is 94.3 Å². The van der Waals surface area contributed by atoms with Crippen LogP contribution in [0.3, 0.4) is 0 Å². The third-order valence-electron chi connectivity index (χ3n) is 8.71. The van der Waals surface area contributed by atoms with Crippen LogP contribution in [0.4, 0.5) is 0 Å². The summed E-state index contributed by atoms with van der Waals surface area (Å²) in [5, 5.41) is 11.7. The van der Waals surface area contributed by atoms with Crippen LogP contribution in [0.1, 0.15) is 53.4 Å². The van der Waals surface area contributed by atoms with Gasteiger partial charge in [0.2, 0.25) is 0 Å². The molecule has 0 spiro atoms. The Bertz CT molecular complexity index is 1000. The summed E-state index contributed by atoms with van der Waals surface area (Å²) in [4.78, 5) is 0. The molecule has 5 rings (SSSR count). The molecule has 4 aliphatic heterocycles. The van der Waals surface area contributed by atoms with Crippen LogP contribution in [0.2, 0.25) is 18.1 Å². The number of rotatable bonds is 6. The molecule has 0 aliphatic carbocycles. The first-order valence-corrected chi connectivity index (χ1v) is 17.1. The largest absolute Gasteiger partial charge is 0.408 e. The first-order valence-electron chi connectivity index (χ1n) is 14.2. The molecule has 4 fully saturated rings. The lowest BCUT2D eigenvalue weighted by Crippen LogP contribution is -2.67. The zero-order chi connectivity index (χ0) is 29.0. The highest BCUT2D eigenvalue weighted by Gasteiger charge is 2.58. The van der Waals surface area contributed by atoms with Crippen molar-refractivity contribution in [2.75, 3.05) is 13.7 Å². The zero-order valence-corrected chi connectivity index (χ0v) is 26.1. The molecule has 4 saturated heterocycles. The van der Waals surface area contributed by atoms with Gasteiger partial charge in [0.1, 0.15) is 42.7 Å². The van der Waals surface area contributed by atoms with E-state index in [1.807, 2.05) is 51.1 Å². The van der Waals surface area contributed by atoms with E-state index in [9.17, 15) is 5.11 Å². The van der Waals surface area contributed by atoms with Crippen molar-refractivity contribution in [3.05, 3.63) is 35.9 Å². The number of aliphatic hydroxyl groups excluding tert-OH is 1. The summed E-state index contributed by atoms with van der Waals surface area (Å²) in [6.07, 6.45) is -7.12. The summed E-state index contributed by atoms with van der Waals surface area (Å²) in [6.45, 7) is 16.7. The van der Waals surface area contributed by atoms with E-state index in [2.05, 4.69) is 33.9 Å². The average Bonchev–Trinajstić information content (AvgIpc) is 3.22. The molecule has 10 nitrogen and oxygen atoms in total. The number of benzene rings is 1. The minimum atomic E-state index is -2.34. The molecule has 0 amide bonds. The minimum Gasteiger partial charge on any atom is -0.408 e. The molecule has 1 unspecified atom stereocenters. The van der Waals surface area contributed by atoms with Crippen molar-refractivity contribution in [2.24, 2.45) is 0 Å². The summed E-state index contributed by atoms with van der Waals surface area (Å²) < 4.78 is 56.2. The lowest BCUT2D eigenvalue weighted by Gasteiger charge is -2.52. The van der Waals surface area contributed by atoms with E-state index in [1.54, 1.807) is 7.11 Å². The monoisotopic (exact) mass is 582 g/mol. The van der Waals surface area contributed by atoms with Crippen molar-refractivity contribution in [1.29, 1.82) is 0 Å². The predicted octanol–water partition coefficient (Wildman–Crippen LogP) is 3.87. The van der Waals surface area contributed by atoms with Gasteiger partial charge in [-0.2, -0.15) is 0 Å². The first-order chi connectivity index (χ1) is 18.7. The summed E-state index contributed by atoms with van der Waals surface area (Å²) in [5.74, 6) is -0.843. The zero-order valence-electron chi connectivity index (χ0n) is 25.1. The van der Waals surface area contributed by atoms with E-state index >= 15 is 0 Å². The van der Waals surface area contributed by atoms with E-state index in [0.29, 0.717) is 0 Å². The van der Waals surface area contributed by atoms with E-state index < -0.39 is 81.8 Å². The Hall–Kier alpha value is -0.963. The Balaban J connectivity index is 1.40. The number of aliphatic hydroxyl groups is 1. The third-order valence-corrected chi connectivity index (χ3v) is 13.2. The number of hydrogen-bond acceptors (Lipinski definition) is 10. The Morgan fingerprint density at radius 3 is 2.25 bits per heavy atom. The van der Waals surface area contributed by atoms with Gasteiger partial charge in [0.25, 0.3) is 0 Å². The molecule has 11 atom stereocenters.